The topological polar surface area (TPSA) is 0 Å². The Balaban J connectivity index is 2.55. The van der Waals surface area contributed by atoms with Gasteiger partial charge in [-0.15, -0.1) is 22.2 Å². The van der Waals surface area contributed by atoms with E-state index in [1.165, 1.54) is 25.7 Å². The van der Waals surface area contributed by atoms with Crippen LogP contribution in [-0.2, 0) is 0 Å². The van der Waals surface area contributed by atoms with Crippen molar-refractivity contribution < 1.29 is 0 Å². The minimum absolute atomic E-state index is 0.508. The molecule has 1 saturated carbocycles. The van der Waals surface area contributed by atoms with Gasteiger partial charge in [-0.25, -0.2) is 0 Å². The fraction of sp³-hybridized carbons (Fsp3) is 1.00. The minimum Gasteiger partial charge on any atom is -0.145 e. The first-order chi connectivity index (χ1) is 5.05. The van der Waals surface area contributed by atoms with Gasteiger partial charge < -0.3 is 0 Å². The predicted octanol–water partition coefficient (Wildman–Crippen LogP) is 4.26. The van der Waals surface area contributed by atoms with E-state index in [0.29, 0.717) is 11.1 Å². The van der Waals surface area contributed by atoms with Crippen molar-refractivity contribution in [1.29, 1.82) is 0 Å². The molecule has 0 aromatic carbocycles. The molecule has 0 atom stereocenters. The second-order valence-electron chi connectivity index (χ2n) is 3.81. The molecule has 66 valence electrons. The Kier molecular flexibility index (Phi) is 3.30. The van der Waals surface area contributed by atoms with Gasteiger partial charge in [-0.1, -0.05) is 39.5 Å². The van der Waals surface area contributed by atoms with Crippen LogP contribution in [-0.4, -0.2) is 6.69 Å². The third-order valence-corrected chi connectivity index (χ3v) is 10.3. The fourth-order valence-corrected chi connectivity index (χ4v) is 5.21. The third kappa shape index (κ3) is 2.13. The summed E-state index contributed by atoms with van der Waals surface area (Å²) < 4.78 is 0. The first-order valence-electron chi connectivity index (χ1n) is 4.43. The summed E-state index contributed by atoms with van der Waals surface area (Å²) in [6, 6.07) is 0. The van der Waals surface area contributed by atoms with E-state index in [1.54, 1.807) is 0 Å². The van der Waals surface area contributed by atoms with E-state index in [-0.39, 0.29) is 0 Å². The van der Waals surface area contributed by atoms with Gasteiger partial charge in [-0.3, -0.25) is 0 Å². The molecule has 0 saturated heterocycles. The normalized spacial score (nSPS) is 21.5. The summed E-state index contributed by atoms with van der Waals surface area (Å²) >= 11 is 12.8. The number of halogens is 2. The SMILES string of the molecule is CC(C)[Si](Cl)(Cl)C1CCCC1. The molecule has 0 nitrogen and oxygen atoms in total. The lowest BCUT2D eigenvalue weighted by atomic mass is 10.4. The second-order valence-corrected chi connectivity index (χ2v) is 11.5. The molecule has 0 N–H and O–H groups in total. The van der Waals surface area contributed by atoms with Crippen LogP contribution in [0.1, 0.15) is 39.5 Å². The van der Waals surface area contributed by atoms with E-state index in [2.05, 4.69) is 13.8 Å². The van der Waals surface area contributed by atoms with Crippen LogP contribution in [0.5, 0.6) is 0 Å². The highest BCUT2D eigenvalue weighted by atomic mass is 35.7. The van der Waals surface area contributed by atoms with Gasteiger partial charge in [0, 0.05) is 0 Å². The van der Waals surface area contributed by atoms with Crippen molar-refractivity contribution in [2.24, 2.45) is 0 Å². The van der Waals surface area contributed by atoms with Crippen molar-refractivity contribution in [1.82, 2.24) is 0 Å². The summed E-state index contributed by atoms with van der Waals surface area (Å²) in [5.41, 5.74) is 1.18. The molecule has 0 aromatic rings. The molecule has 3 heteroatoms. The average molecular weight is 211 g/mol. The maximum absolute atomic E-state index is 6.38. The van der Waals surface area contributed by atoms with Crippen LogP contribution in [0.15, 0.2) is 0 Å². The first kappa shape index (κ1) is 9.88. The Hall–Kier alpha value is 0.797. The maximum Gasteiger partial charge on any atom is 0.256 e. The summed E-state index contributed by atoms with van der Waals surface area (Å²) in [4.78, 5) is 0. The highest BCUT2D eigenvalue weighted by Crippen LogP contribution is 2.48. The molecular weight excluding hydrogens is 195 g/mol. The zero-order chi connectivity index (χ0) is 8.48. The first-order valence-corrected chi connectivity index (χ1v) is 8.60. The van der Waals surface area contributed by atoms with Crippen LogP contribution in [0, 0.1) is 0 Å². The Morgan fingerprint density at radius 2 is 1.64 bits per heavy atom. The fourth-order valence-electron chi connectivity index (χ4n) is 1.78. The van der Waals surface area contributed by atoms with Gasteiger partial charge in [-0.05, 0) is 11.1 Å². The Morgan fingerprint density at radius 1 is 1.18 bits per heavy atom. The molecule has 0 radical (unpaired) electrons. The third-order valence-electron chi connectivity index (χ3n) is 2.67. The quantitative estimate of drug-likeness (QED) is 0.473. The molecule has 0 heterocycles. The van der Waals surface area contributed by atoms with Gasteiger partial charge in [0.15, 0.2) is 0 Å². The molecule has 1 aliphatic rings. The van der Waals surface area contributed by atoms with Gasteiger partial charge in [0.05, 0.1) is 0 Å². The minimum atomic E-state index is -1.90. The zero-order valence-electron chi connectivity index (χ0n) is 7.24. The standard InChI is InChI=1S/C8H16Cl2Si/c1-7(2)11(9,10)8-5-3-4-6-8/h7-8H,3-6H2,1-2H3. The van der Waals surface area contributed by atoms with Crippen LogP contribution in [0.3, 0.4) is 0 Å². The van der Waals surface area contributed by atoms with E-state index in [9.17, 15) is 0 Å². The summed E-state index contributed by atoms with van der Waals surface area (Å²) in [6.07, 6.45) is 5.23. The second kappa shape index (κ2) is 3.67. The molecule has 0 bridgehead atoms. The number of rotatable bonds is 2. The van der Waals surface area contributed by atoms with Gasteiger partial charge >= 0.3 is 0 Å². The van der Waals surface area contributed by atoms with Gasteiger partial charge in [0.1, 0.15) is 0 Å². The summed E-state index contributed by atoms with van der Waals surface area (Å²) in [7, 11) is 0. The van der Waals surface area contributed by atoms with E-state index < -0.39 is 6.69 Å². The molecule has 0 amide bonds. The molecule has 1 aliphatic carbocycles. The zero-order valence-corrected chi connectivity index (χ0v) is 9.75. The number of hydrogen-bond acceptors (Lipinski definition) is 0. The lowest BCUT2D eigenvalue weighted by molar-refractivity contribution is 0.828. The lowest BCUT2D eigenvalue weighted by Crippen LogP contribution is -2.29. The Labute approximate surface area is 79.7 Å². The Morgan fingerprint density at radius 3 is 2.00 bits per heavy atom. The maximum atomic E-state index is 6.38. The van der Waals surface area contributed by atoms with E-state index in [0.717, 1.165) is 0 Å². The van der Waals surface area contributed by atoms with Crippen LogP contribution < -0.4 is 0 Å². The summed E-state index contributed by atoms with van der Waals surface area (Å²) in [5.74, 6) is 0. The molecule has 1 rings (SSSR count). The van der Waals surface area contributed by atoms with Crippen molar-refractivity contribution >= 4 is 28.9 Å². The predicted molar refractivity (Wildman–Crippen MR) is 54.8 cm³/mol. The van der Waals surface area contributed by atoms with Gasteiger partial charge in [-0.2, -0.15) is 0 Å². The van der Waals surface area contributed by atoms with Crippen LogP contribution in [0.2, 0.25) is 11.1 Å². The van der Waals surface area contributed by atoms with E-state index >= 15 is 0 Å². The molecule has 0 aliphatic heterocycles. The van der Waals surface area contributed by atoms with Gasteiger partial charge in [0.2, 0.25) is 0 Å². The van der Waals surface area contributed by atoms with Crippen molar-refractivity contribution in [3.05, 3.63) is 0 Å². The molecule has 11 heavy (non-hydrogen) atoms. The van der Waals surface area contributed by atoms with Crippen molar-refractivity contribution in [3.63, 3.8) is 0 Å². The van der Waals surface area contributed by atoms with Crippen LogP contribution in [0.25, 0.3) is 0 Å². The smallest absolute Gasteiger partial charge is 0.145 e. The van der Waals surface area contributed by atoms with Crippen molar-refractivity contribution in [2.45, 2.75) is 50.6 Å². The summed E-state index contributed by atoms with van der Waals surface area (Å²) in [5, 5.41) is 0. The molecular formula is C8H16Cl2Si. The highest BCUT2D eigenvalue weighted by Gasteiger charge is 2.42. The largest absolute Gasteiger partial charge is 0.256 e. The molecule has 0 aromatic heterocycles. The lowest BCUT2D eigenvalue weighted by Gasteiger charge is -2.27. The van der Waals surface area contributed by atoms with Crippen LogP contribution >= 0.6 is 22.2 Å². The number of hydrogen-bond donors (Lipinski definition) is 0. The molecule has 1 fully saturated rings. The van der Waals surface area contributed by atoms with E-state index in [1.807, 2.05) is 0 Å². The monoisotopic (exact) mass is 210 g/mol. The van der Waals surface area contributed by atoms with Crippen molar-refractivity contribution in [2.75, 3.05) is 0 Å². The average Bonchev–Trinajstić information content (AvgIpc) is 2.37. The van der Waals surface area contributed by atoms with Crippen LogP contribution in [0.4, 0.5) is 0 Å². The Bertz CT molecular complexity index is 128. The summed E-state index contributed by atoms with van der Waals surface area (Å²) in [6.45, 7) is 2.41. The van der Waals surface area contributed by atoms with Crippen molar-refractivity contribution in [3.8, 4) is 0 Å². The van der Waals surface area contributed by atoms with Gasteiger partial charge in [0.25, 0.3) is 6.69 Å². The highest BCUT2D eigenvalue weighted by molar-refractivity contribution is 7.46. The van der Waals surface area contributed by atoms with E-state index in [4.69, 9.17) is 22.2 Å². The molecule has 0 spiro atoms. The molecule has 0 unspecified atom stereocenters.